The van der Waals surface area contributed by atoms with E-state index in [2.05, 4.69) is 11.4 Å². The molecule has 0 unspecified atom stereocenters. The summed E-state index contributed by atoms with van der Waals surface area (Å²) in [5.74, 6) is -0.384. The first kappa shape index (κ1) is 23.8. The number of sulfonamides is 1. The van der Waals surface area contributed by atoms with E-state index in [0.29, 0.717) is 18.4 Å². The Balaban J connectivity index is 1.40. The third-order valence-corrected chi connectivity index (χ3v) is 8.50. The number of amides is 1. The molecule has 1 heterocycles. The van der Waals surface area contributed by atoms with Crippen molar-refractivity contribution in [3.63, 3.8) is 0 Å². The van der Waals surface area contributed by atoms with Gasteiger partial charge in [-0.05, 0) is 54.7 Å². The smallest absolute Gasteiger partial charge is 0.270 e. The van der Waals surface area contributed by atoms with Crippen molar-refractivity contribution in [1.29, 1.82) is 0 Å². The van der Waals surface area contributed by atoms with Gasteiger partial charge in [0.05, 0.1) is 15.9 Å². The summed E-state index contributed by atoms with van der Waals surface area (Å²) in [4.78, 5) is 23.3. The molecule has 0 aliphatic carbocycles. The highest BCUT2D eigenvalue weighted by atomic mass is 32.2. The number of nitro groups is 1. The highest BCUT2D eigenvalue weighted by Crippen LogP contribution is 2.29. The van der Waals surface area contributed by atoms with Crippen LogP contribution in [0.25, 0.3) is 10.8 Å². The molecule has 1 fully saturated rings. The van der Waals surface area contributed by atoms with Gasteiger partial charge in [0, 0.05) is 31.1 Å². The molecule has 1 aliphatic heterocycles. The number of hydrogen-bond acceptors (Lipinski definition) is 5. The van der Waals surface area contributed by atoms with E-state index in [0.717, 1.165) is 22.4 Å². The summed E-state index contributed by atoms with van der Waals surface area (Å²) >= 11 is 0. The summed E-state index contributed by atoms with van der Waals surface area (Å²) < 4.78 is 27.6. The van der Waals surface area contributed by atoms with Gasteiger partial charge in [0.25, 0.3) is 5.69 Å². The summed E-state index contributed by atoms with van der Waals surface area (Å²) in [5.41, 5.74) is 1.20. The van der Waals surface area contributed by atoms with E-state index < -0.39 is 14.9 Å². The van der Waals surface area contributed by atoms with Gasteiger partial charge < -0.3 is 5.32 Å². The maximum atomic E-state index is 13.1. The molecule has 1 amide bonds. The van der Waals surface area contributed by atoms with Crippen LogP contribution in [0.2, 0.25) is 0 Å². The lowest BCUT2D eigenvalue weighted by Crippen LogP contribution is -2.43. The van der Waals surface area contributed by atoms with Crippen molar-refractivity contribution in [3.8, 4) is 0 Å². The molecule has 4 rings (SSSR count). The molecule has 34 heavy (non-hydrogen) atoms. The number of benzene rings is 3. The number of non-ortho nitro benzene ring substituents is 1. The minimum absolute atomic E-state index is 0.0606. The minimum Gasteiger partial charge on any atom is -0.349 e. The van der Waals surface area contributed by atoms with Crippen molar-refractivity contribution in [2.75, 3.05) is 13.1 Å². The van der Waals surface area contributed by atoms with Crippen LogP contribution < -0.4 is 5.32 Å². The summed E-state index contributed by atoms with van der Waals surface area (Å²) in [7, 11) is -3.89. The van der Waals surface area contributed by atoms with E-state index in [9.17, 15) is 23.3 Å². The van der Waals surface area contributed by atoms with Gasteiger partial charge in [-0.2, -0.15) is 4.31 Å². The number of piperidine rings is 1. The molecule has 1 saturated heterocycles. The van der Waals surface area contributed by atoms with Crippen molar-refractivity contribution < 1.29 is 18.1 Å². The summed E-state index contributed by atoms with van der Waals surface area (Å²) in [6.07, 6.45) is 0.785. The van der Waals surface area contributed by atoms with E-state index in [4.69, 9.17) is 0 Å². The average Bonchev–Trinajstić information content (AvgIpc) is 2.83. The lowest BCUT2D eigenvalue weighted by Gasteiger charge is -2.31. The molecule has 0 aromatic heterocycles. The molecule has 0 spiro atoms. The average molecular weight is 482 g/mol. The first-order valence-electron chi connectivity index (χ1n) is 11.2. The summed E-state index contributed by atoms with van der Waals surface area (Å²) in [6.45, 7) is 3.93. The van der Waals surface area contributed by atoms with Gasteiger partial charge in [-0.25, -0.2) is 8.42 Å². The third kappa shape index (κ3) is 4.80. The van der Waals surface area contributed by atoms with Crippen molar-refractivity contribution >= 4 is 32.4 Å². The summed E-state index contributed by atoms with van der Waals surface area (Å²) in [5, 5.41) is 16.4. The zero-order valence-corrected chi connectivity index (χ0v) is 19.9. The zero-order chi connectivity index (χ0) is 24.5. The first-order chi connectivity index (χ1) is 16.2. The second kappa shape index (κ2) is 9.52. The van der Waals surface area contributed by atoms with Crippen LogP contribution in [0.3, 0.4) is 0 Å². The lowest BCUT2D eigenvalue weighted by molar-refractivity contribution is -0.385. The molecular formula is C25H27N3O5S. The van der Waals surface area contributed by atoms with E-state index in [1.54, 1.807) is 6.92 Å². The highest BCUT2D eigenvalue weighted by Gasteiger charge is 2.34. The SMILES string of the molecule is Cc1ccc([N+](=O)[O-])cc1S(=O)(=O)N1CCC(C(=O)N[C@H](C)c2ccc3ccccc3c2)CC1. The number of nitrogens with one attached hydrogen (secondary N) is 1. The molecule has 0 radical (unpaired) electrons. The van der Waals surface area contributed by atoms with Crippen molar-refractivity contribution in [1.82, 2.24) is 9.62 Å². The largest absolute Gasteiger partial charge is 0.349 e. The van der Waals surface area contributed by atoms with Crippen LogP contribution >= 0.6 is 0 Å². The van der Waals surface area contributed by atoms with E-state index >= 15 is 0 Å². The molecule has 1 atom stereocenters. The van der Waals surface area contributed by atoms with Crippen LogP contribution in [-0.4, -0.2) is 36.6 Å². The van der Waals surface area contributed by atoms with E-state index in [-0.39, 0.29) is 41.5 Å². The maximum Gasteiger partial charge on any atom is 0.270 e. The monoisotopic (exact) mass is 481 g/mol. The number of nitrogens with zero attached hydrogens (tertiary/aromatic N) is 2. The maximum absolute atomic E-state index is 13.1. The van der Waals surface area contributed by atoms with Gasteiger partial charge in [-0.1, -0.05) is 42.5 Å². The number of aryl methyl sites for hydroxylation is 1. The molecule has 3 aromatic rings. The van der Waals surface area contributed by atoms with Gasteiger partial charge in [-0.15, -0.1) is 0 Å². The van der Waals surface area contributed by atoms with Gasteiger partial charge >= 0.3 is 0 Å². The summed E-state index contributed by atoms with van der Waals surface area (Å²) in [6, 6.07) is 17.8. The van der Waals surface area contributed by atoms with Crippen molar-refractivity contribution in [2.24, 2.45) is 5.92 Å². The number of carbonyl (C=O) groups is 1. The molecule has 1 N–H and O–H groups in total. The van der Waals surface area contributed by atoms with Gasteiger partial charge in [0.1, 0.15) is 0 Å². The molecule has 0 bridgehead atoms. The third-order valence-electron chi connectivity index (χ3n) is 6.46. The molecule has 178 valence electrons. The number of rotatable bonds is 6. The van der Waals surface area contributed by atoms with Crippen LogP contribution in [-0.2, 0) is 14.8 Å². The Morgan fingerprint density at radius 3 is 2.41 bits per heavy atom. The number of carbonyl (C=O) groups excluding carboxylic acids is 1. The number of fused-ring (bicyclic) bond motifs is 1. The van der Waals surface area contributed by atoms with Crippen LogP contribution in [0.5, 0.6) is 0 Å². The molecule has 8 nitrogen and oxygen atoms in total. The fourth-order valence-electron chi connectivity index (χ4n) is 4.37. The molecule has 0 saturated carbocycles. The highest BCUT2D eigenvalue weighted by molar-refractivity contribution is 7.89. The Morgan fingerprint density at radius 1 is 1.06 bits per heavy atom. The quantitative estimate of drug-likeness (QED) is 0.416. The van der Waals surface area contributed by atoms with E-state index in [1.165, 1.54) is 16.4 Å². The van der Waals surface area contributed by atoms with E-state index in [1.807, 2.05) is 43.3 Å². The zero-order valence-electron chi connectivity index (χ0n) is 19.1. The van der Waals surface area contributed by atoms with Gasteiger partial charge in [0.2, 0.25) is 15.9 Å². The molecule has 1 aliphatic rings. The Hall–Kier alpha value is -3.30. The Bertz CT molecular complexity index is 1350. The van der Waals surface area contributed by atoms with Crippen LogP contribution in [0.1, 0.15) is 36.9 Å². The Kier molecular flexibility index (Phi) is 6.67. The Labute approximate surface area is 198 Å². The predicted molar refractivity (Wildman–Crippen MR) is 130 cm³/mol. The lowest BCUT2D eigenvalue weighted by atomic mass is 9.96. The Morgan fingerprint density at radius 2 is 1.74 bits per heavy atom. The van der Waals surface area contributed by atoms with Crippen LogP contribution in [0.4, 0.5) is 5.69 Å². The predicted octanol–water partition coefficient (Wildman–Crippen LogP) is 4.33. The normalized spacial score (nSPS) is 16.3. The van der Waals surface area contributed by atoms with Gasteiger partial charge in [0.15, 0.2) is 0 Å². The number of hydrogen-bond donors (Lipinski definition) is 1. The van der Waals surface area contributed by atoms with Crippen LogP contribution in [0, 0.1) is 23.0 Å². The van der Waals surface area contributed by atoms with Crippen molar-refractivity contribution in [3.05, 3.63) is 81.9 Å². The first-order valence-corrected chi connectivity index (χ1v) is 12.6. The fourth-order valence-corrected chi connectivity index (χ4v) is 6.08. The second-order valence-electron chi connectivity index (χ2n) is 8.72. The van der Waals surface area contributed by atoms with Crippen molar-refractivity contribution in [2.45, 2.75) is 37.6 Å². The molecular weight excluding hydrogens is 454 g/mol. The topological polar surface area (TPSA) is 110 Å². The minimum atomic E-state index is -3.89. The second-order valence-corrected chi connectivity index (χ2v) is 10.6. The molecule has 3 aromatic carbocycles. The van der Waals surface area contributed by atoms with Crippen LogP contribution in [0.15, 0.2) is 65.6 Å². The number of nitro benzene ring substituents is 1. The van der Waals surface area contributed by atoms with Gasteiger partial charge in [-0.3, -0.25) is 14.9 Å². The standard InChI is InChI=1S/C25H27N3O5S/c1-17-7-10-23(28(30)31)16-24(17)34(32,33)27-13-11-20(12-14-27)25(29)26-18(2)21-9-8-19-5-3-4-6-22(19)15-21/h3-10,15-16,18,20H,11-14H2,1-2H3,(H,26,29)/t18-/m1/s1. The molecule has 9 heteroatoms. The fraction of sp³-hybridized carbons (Fsp3) is 0.320.